The lowest BCUT2D eigenvalue weighted by molar-refractivity contribution is 0.100. The maximum Gasteiger partial charge on any atom is 0.189 e. The molecule has 0 bridgehead atoms. The van der Waals surface area contributed by atoms with Gasteiger partial charge in [-0.2, -0.15) is 0 Å². The minimum absolute atomic E-state index is 0.0641. The number of Topliss-reactive ketones (excluding diaryl/α,β-unsaturated/α-hetero) is 1. The van der Waals surface area contributed by atoms with E-state index in [0.29, 0.717) is 6.04 Å². The Morgan fingerprint density at radius 1 is 1.00 bits per heavy atom. The van der Waals surface area contributed by atoms with Crippen molar-refractivity contribution in [2.45, 2.75) is 45.1 Å². The Morgan fingerprint density at radius 2 is 1.69 bits per heavy atom. The van der Waals surface area contributed by atoms with Gasteiger partial charge in [-0.25, -0.2) is 4.98 Å². The molecular weight excluding hydrogens is 452 g/mol. The van der Waals surface area contributed by atoms with E-state index in [0.717, 1.165) is 39.7 Å². The fraction of sp³-hybridized carbons (Fsp3) is 0.310. The van der Waals surface area contributed by atoms with E-state index in [9.17, 15) is 15.0 Å². The smallest absolute Gasteiger partial charge is 0.189 e. The molecule has 0 spiro atoms. The van der Waals surface area contributed by atoms with E-state index in [1.54, 1.807) is 0 Å². The summed E-state index contributed by atoms with van der Waals surface area (Å²) >= 11 is 0. The van der Waals surface area contributed by atoms with Crippen molar-refractivity contribution in [2.75, 3.05) is 17.2 Å². The zero-order valence-electron chi connectivity index (χ0n) is 20.4. The van der Waals surface area contributed by atoms with Gasteiger partial charge in [0.1, 0.15) is 22.9 Å². The van der Waals surface area contributed by atoms with Gasteiger partial charge in [-0.3, -0.25) is 4.79 Å². The molecule has 0 amide bonds. The number of imidazole rings is 1. The quantitative estimate of drug-likeness (QED) is 0.187. The molecule has 7 nitrogen and oxygen atoms in total. The highest BCUT2D eigenvalue weighted by molar-refractivity contribution is 6.03. The molecule has 36 heavy (non-hydrogen) atoms. The van der Waals surface area contributed by atoms with Crippen LogP contribution in [0.5, 0.6) is 11.5 Å². The van der Waals surface area contributed by atoms with Crippen LogP contribution in [0.3, 0.4) is 0 Å². The van der Waals surface area contributed by atoms with Crippen molar-refractivity contribution < 1.29 is 15.0 Å². The number of hydrogen-bond acceptors (Lipinski definition) is 6. The number of phenols is 2. The fourth-order valence-corrected chi connectivity index (χ4v) is 5.08. The van der Waals surface area contributed by atoms with Gasteiger partial charge in [0.2, 0.25) is 0 Å². The lowest BCUT2D eigenvalue weighted by Crippen LogP contribution is -2.27. The molecule has 0 saturated heterocycles. The highest BCUT2D eigenvalue weighted by Gasteiger charge is 2.20. The molecule has 1 saturated carbocycles. The Balaban J connectivity index is 1.24. The predicted molar refractivity (Wildman–Crippen MR) is 144 cm³/mol. The molecule has 1 aliphatic rings. The van der Waals surface area contributed by atoms with Crippen LogP contribution < -0.4 is 10.6 Å². The molecule has 186 valence electrons. The molecule has 3 aromatic carbocycles. The summed E-state index contributed by atoms with van der Waals surface area (Å²) in [7, 11) is 0. The van der Waals surface area contributed by atoms with Gasteiger partial charge >= 0.3 is 0 Å². The van der Waals surface area contributed by atoms with Crippen LogP contribution in [0.2, 0.25) is 0 Å². The molecule has 7 heteroatoms. The molecule has 5 rings (SSSR count). The van der Waals surface area contributed by atoms with E-state index in [1.807, 2.05) is 18.2 Å². The van der Waals surface area contributed by atoms with Crippen molar-refractivity contribution in [3.8, 4) is 22.9 Å². The van der Waals surface area contributed by atoms with Crippen molar-refractivity contribution in [3.05, 3.63) is 66.2 Å². The summed E-state index contributed by atoms with van der Waals surface area (Å²) in [6.45, 7) is 2.22. The van der Waals surface area contributed by atoms with Gasteiger partial charge in [0.05, 0.1) is 17.6 Å². The van der Waals surface area contributed by atoms with Crippen LogP contribution in [0.15, 0.2) is 60.7 Å². The lowest BCUT2D eigenvalue weighted by Gasteiger charge is -2.29. The number of benzene rings is 3. The second kappa shape index (κ2) is 10.3. The number of fused-ring (bicyclic) bond motifs is 1. The molecule has 1 atom stereocenters. The molecule has 1 aromatic heterocycles. The number of rotatable bonds is 8. The van der Waals surface area contributed by atoms with Crippen LogP contribution in [0, 0.1) is 5.92 Å². The SMILES string of the molecule is CC(Nc1ccc(-c2nc3ccc(NCC(=O)c4c(O)cccc4O)cc3[nH]2)cc1)C1CCCCC1. The first-order valence-electron chi connectivity index (χ1n) is 12.6. The summed E-state index contributed by atoms with van der Waals surface area (Å²) in [5.74, 6) is 0.656. The number of nitrogens with zero attached hydrogens (tertiary/aromatic N) is 1. The molecule has 4 aromatic rings. The maximum absolute atomic E-state index is 12.5. The zero-order valence-corrected chi connectivity index (χ0v) is 20.4. The number of hydrogen-bond donors (Lipinski definition) is 5. The van der Waals surface area contributed by atoms with Gasteiger partial charge < -0.3 is 25.8 Å². The highest BCUT2D eigenvalue weighted by Crippen LogP contribution is 2.30. The predicted octanol–water partition coefficient (Wildman–Crippen LogP) is 6.32. The fourth-order valence-electron chi connectivity index (χ4n) is 5.08. The average Bonchev–Trinajstić information content (AvgIpc) is 3.32. The molecule has 0 radical (unpaired) electrons. The summed E-state index contributed by atoms with van der Waals surface area (Å²) in [5.41, 5.74) is 4.45. The van der Waals surface area contributed by atoms with Gasteiger partial charge in [-0.15, -0.1) is 0 Å². The first-order valence-corrected chi connectivity index (χ1v) is 12.6. The Bertz CT molecular complexity index is 1340. The van der Waals surface area contributed by atoms with Crippen LogP contribution in [-0.4, -0.2) is 38.6 Å². The molecule has 1 heterocycles. The molecule has 5 N–H and O–H groups in total. The largest absolute Gasteiger partial charge is 0.507 e. The summed E-state index contributed by atoms with van der Waals surface area (Å²) in [6, 6.07) is 18.7. The number of carbonyl (C=O) groups is 1. The van der Waals surface area contributed by atoms with Gasteiger partial charge in [0, 0.05) is 23.0 Å². The Hall–Kier alpha value is -4.00. The molecule has 1 unspecified atom stereocenters. The van der Waals surface area contributed by atoms with Crippen molar-refractivity contribution in [3.63, 3.8) is 0 Å². The first-order chi connectivity index (χ1) is 17.5. The summed E-state index contributed by atoms with van der Waals surface area (Å²) < 4.78 is 0. The molecule has 0 aliphatic heterocycles. The van der Waals surface area contributed by atoms with Gasteiger partial charge in [-0.05, 0) is 80.3 Å². The standard InChI is InChI=1S/C29H32N4O3/c1-18(19-6-3-2-4-7-19)31-21-12-10-20(11-13-21)29-32-23-15-14-22(16-24(23)33-29)30-17-27(36)28-25(34)8-5-9-26(28)35/h5,8-16,18-19,30-31,34-35H,2-4,6-7,17H2,1H3,(H,32,33). The Kier molecular flexibility index (Phi) is 6.80. The number of aromatic amines is 1. The number of aromatic nitrogens is 2. The van der Waals surface area contributed by atoms with Gasteiger partial charge in [0.25, 0.3) is 0 Å². The maximum atomic E-state index is 12.5. The highest BCUT2D eigenvalue weighted by atomic mass is 16.3. The van der Waals surface area contributed by atoms with E-state index in [4.69, 9.17) is 4.98 Å². The van der Waals surface area contributed by atoms with E-state index in [-0.39, 0.29) is 23.6 Å². The topological polar surface area (TPSA) is 110 Å². The summed E-state index contributed by atoms with van der Waals surface area (Å²) in [5, 5.41) is 26.5. The van der Waals surface area contributed by atoms with Crippen molar-refractivity contribution in [1.82, 2.24) is 9.97 Å². The number of phenolic OH excluding ortho intramolecular Hbond substituents is 2. The van der Waals surface area contributed by atoms with E-state index in [2.05, 4.69) is 46.8 Å². The summed E-state index contributed by atoms with van der Waals surface area (Å²) in [4.78, 5) is 20.6. The third-order valence-electron chi connectivity index (χ3n) is 7.14. The first kappa shape index (κ1) is 23.7. The monoisotopic (exact) mass is 484 g/mol. The molecule has 1 aliphatic carbocycles. The van der Waals surface area contributed by atoms with Crippen molar-refractivity contribution in [2.24, 2.45) is 5.92 Å². The van der Waals surface area contributed by atoms with Crippen molar-refractivity contribution in [1.29, 1.82) is 0 Å². The minimum Gasteiger partial charge on any atom is -0.507 e. The second-order valence-electron chi connectivity index (χ2n) is 9.67. The van der Waals surface area contributed by atoms with Crippen LogP contribution >= 0.6 is 0 Å². The molecule has 1 fully saturated rings. The zero-order chi connectivity index (χ0) is 25.1. The van der Waals surface area contributed by atoms with Crippen LogP contribution in [0.4, 0.5) is 11.4 Å². The van der Waals surface area contributed by atoms with Crippen LogP contribution in [-0.2, 0) is 0 Å². The Morgan fingerprint density at radius 3 is 2.42 bits per heavy atom. The number of anilines is 2. The summed E-state index contributed by atoms with van der Waals surface area (Å²) in [6.07, 6.45) is 6.68. The van der Waals surface area contributed by atoms with E-state index < -0.39 is 5.78 Å². The number of aromatic hydroxyl groups is 2. The second-order valence-corrected chi connectivity index (χ2v) is 9.67. The number of nitrogens with one attached hydrogen (secondary N) is 3. The van der Waals surface area contributed by atoms with Gasteiger partial charge in [0.15, 0.2) is 5.78 Å². The number of ketones is 1. The minimum atomic E-state index is -0.400. The Labute approximate surface area is 210 Å². The third kappa shape index (κ3) is 5.15. The van der Waals surface area contributed by atoms with E-state index >= 15 is 0 Å². The van der Waals surface area contributed by atoms with Crippen molar-refractivity contribution >= 4 is 28.2 Å². The normalized spacial score (nSPS) is 15.0. The third-order valence-corrected chi connectivity index (χ3v) is 7.14. The molecular formula is C29H32N4O3. The lowest BCUT2D eigenvalue weighted by atomic mass is 9.84. The van der Waals surface area contributed by atoms with Crippen LogP contribution in [0.25, 0.3) is 22.4 Å². The average molecular weight is 485 g/mol. The van der Waals surface area contributed by atoms with Crippen LogP contribution in [0.1, 0.15) is 49.4 Å². The number of H-pyrrole nitrogens is 1. The number of carbonyl (C=O) groups excluding carboxylic acids is 1. The van der Waals surface area contributed by atoms with Gasteiger partial charge in [-0.1, -0.05) is 25.3 Å². The van der Waals surface area contributed by atoms with E-state index in [1.165, 1.54) is 50.3 Å².